The van der Waals surface area contributed by atoms with E-state index in [0.29, 0.717) is 0 Å². The van der Waals surface area contributed by atoms with Crippen molar-refractivity contribution >= 4 is 0 Å². The molecule has 1 N–H and O–H groups in total. The van der Waals surface area contributed by atoms with Crippen molar-refractivity contribution in [2.45, 2.75) is 104 Å². The fourth-order valence-corrected chi connectivity index (χ4v) is 3.72. The van der Waals surface area contributed by atoms with Crippen molar-refractivity contribution in [3.8, 4) is 0 Å². The van der Waals surface area contributed by atoms with Crippen LogP contribution in [0.3, 0.4) is 0 Å². The maximum atomic E-state index is 6.45. The first-order valence-corrected chi connectivity index (χ1v) is 9.85. The first kappa shape index (κ1) is 20.9. The predicted octanol–water partition coefficient (Wildman–Crippen LogP) is 7.02. The molecule has 0 spiro atoms. The van der Waals surface area contributed by atoms with Crippen LogP contribution in [-0.4, -0.2) is 4.98 Å². The smallest absolute Gasteiger partial charge is 0.113 e. The zero-order valence-electron chi connectivity index (χ0n) is 18.8. The Hall–Kier alpha value is -1.44. The van der Waals surface area contributed by atoms with E-state index in [1.165, 1.54) is 16.7 Å². The third-order valence-electron chi connectivity index (χ3n) is 5.17. The molecular formula is C24H39NO. The van der Waals surface area contributed by atoms with Crippen LogP contribution in [0.4, 0.5) is 0 Å². The van der Waals surface area contributed by atoms with E-state index in [-0.39, 0.29) is 21.7 Å². The van der Waals surface area contributed by atoms with Gasteiger partial charge in [-0.1, -0.05) is 76.2 Å². The minimum absolute atomic E-state index is 0.00474. The van der Waals surface area contributed by atoms with Crippen molar-refractivity contribution in [1.29, 1.82) is 0 Å². The standard InChI is InChI=1S/C24H39NO/c1-21(2,3)17-12-16(26-20(17)23(7,8)9)13-24(10,11)19-15-25-14-18(19)22(4,5)6/h12,14-15,25H,13H2,1-11H3. The molecular weight excluding hydrogens is 318 g/mol. The third kappa shape index (κ3) is 4.27. The molecule has 0 aliphatic heterocycles. The molecule has 2 rings (SSSR count). The number of aromatic amines is 1. The second-order valence-corrected chi connectivity index (χ2v) is 11.5. The fourth-order valence-electron chi connectivity index (χ4n) is 3.72. The van der Waals surface area contributed by atoms with Gasteiger partial charge in [0.25, 0.3) is 0 Å². The molecule has 0 aliphatic carbocycles. The highest BCUT2D eigenvalue weighted by molar-refractivity contribution is 5.38. The number of H-pyrrole nitrogens is 1. The summed E-state index contributed by atoms with van der Waals surface area (Å²) in [6, 6.07) is 2.30. The molecule has 2 heteroatoms. The Labute approximate surface area is 160 Å². The van der Waals surface area contributed by atoms with E-state index in [1.54, 1.807) is 0 Å². The normalized spacial score (nSPS) is 14.1. The monoisotopic (exact) mass is 357 g/mol. The van der Waals surface area contributed by atoms with Crippen LogP contribution in [0.2, 0.25) is 0 Å². The van der Waals surface area contributed by atoms with Crippen molar-refractivity contribution in [3.05, 3.63) is 46.7 Å². The van der Waals surface area contributed by atoms with Gasteiger partial charge in [0.05, 0.1) is 0 Å². The van der Waals surface area contributed by atoms with Gasteiger partial charge in [0.15, 0.2) is 0 Å². The van der Waals surface area contributed by atoms with E-state index >= 15 is 0 Å². The number of furan rings is 1. The predicted molar refractivity (Wildman–Crippen MR) is 112 cm³/mol. The van der Waals surface area contributed by atoms with E-state index in [9.17, 15) is 0 Å². The van der Waals surface area contributed by atoms with Gasteiger partial charge < -0.3 is 9.40 Å². The molecule has 0 atom stereocenters. The van der Waals surface area contributed by atoms with Crippen molar-refractivity contribution in [2.75, 3.05) is 0 Å². The zero-order chi connectivity index (χ0) is 20.1. The Kier molecular flexibility index (Phi) is 5.07. The van der Waals surface area contributed by atoms with Crippen LogP contribution in [0.1, 0.15) is 104 Å². The first-order valence-electron chi connectivity index (χ1n) is 9.85. The fraction of sp³-hybridized carbons (Fsp3) is 0.667. The van der Waals surface area contributed by atoms with E-state index in [0.717, 1.165) is 17.9 Å². The Morgan fingerprint density at radius 2 is 1.19 bits per heavy atom. The summed E-state index contributed by atoms with van der Waals surface area (Å²) in [5.74, 6) is 2.21. The summed E-state index contributed by atoms with van der Waals surface area (Å²) in [7, 11) is 0. The lowest BCUT2D eigenvalue weighted by Crippen LogP contribution is -2.25. The van der Waals surface area contributed by atoms with Gasteiger partial charge in [-0.05, 0) is 39.0 Å². The van der Waals surface area contributed by atoms with E-state index < -0.39 is 0 Å². The van der Waals surface area contributed by atoms with Crippen LogP contribution in [0.5, 0.6) is 0 Å². The average molecular weight is 358 g/mol. The van der Waals surface area contributed by atoms with Gasteiger partial charge in [0, 0.05) is 24.2 Å². The molecule has 0 saturated heterocycles. The molecule has 146 valence electrons. The molecule has 0 aromatic carbocycles. The molecule has 2 aromatic rings. The van der Waals surface area contributed by atoms with Crippen LogP contribution in [0, 0.1) is 0 Å². The van der Waals surface area contributed by atoms with Crippen LogP contribution < -0.4 is 0 Å². The average Bonchev–Trinajstić information content (AvgIpc) is 3.01. The highest BCUT2D eigenvalue weighted by Crippen LogP contribution is 2.40. The van der Waals surface area contributed by atoms with Crippen molar-refractivity contribution in [1.82, 2.24) is 4.98 Å². The Bertz CT molecular complexity index is 720. The summed E-state index contributed by atoms with van der Waals surface area (Å²) in [4.78, 5) is 3.33. The molecule has 0 radical (unpaired) electrons. The lowest BCUT2D eigenvalue weighted by atomic mass is 9.74. The molecule has 0 unspecified atom stereocenters. The number of aromatic nitrogens is 1. The quantitative estimate of drug-likeness (QED) is 0.628. The van der Waals surface area contributed by atoms with Gasteiger partial charge in [-0.2, -0.15) is 0 Å². The summed E-state index contributed by atoms with van der Waals surface area (Å²) < 4.78 is 6.45. The van der Waals surface area contributed by atoms with Gasteiger partial charge in [0.1, 0.15) is 11.5 Å². The van der Waals surface area contributed by atoms with Crippen LogP contribution in [-0.2, 0) is 28.1 Å². The summed E-state index contributed by atoms with van der Waals surface area (Å²) in [6.45, 7) is 25.0. The third-order valence-corrected chi connectivity index (χ3v) is 5.17. The minimum atomic E-state index is 0.00474. The van der Waals surface area contributed by atoms with E-state index in [4.69, 9.17) is 4.42 Å². The lowest BCUT2D eigenvalue weighted by Gasteiger charge is -2.29. The van der Waals surface area contributed by atoms with Gasteiger partial charge in [-0.15, -0.1) is 0 Å². The van der Waals surface area contributed by atoms with E-state index in [2.05, 4.69) is 99.6 Å². The van der Waals surface area contributed by atoms with Crippen LogP contribution in [0.25, 0.3) is 0 Å². The molecule has 0 aliphatic rings. The number of nitrogens with one attached hydrogen (secondary N) is 1. The van der Waals surface area contributed by atoms with Gasteiger partial charge >= 0.3 is 0 Å². The minimum Gasteiger partial charge on any atom is -0.465 e. The summed E-state index contributed by atoms with van der Waals surface area (Å²) in [5, 5.41) is 0. The van der Waals surface area contributed by atoms with Crippen LogP contribution in [0.15, 0.2) is 22.9 Å². The van der Waals surface area contributed by atoms with Gasteiger partial charge in [-0.25, -0.2) is 0 Å². The Morgan fingerprint density at radius 3 is 1.62 bits per heavy atom. The van der Waals surface area contributed by atoms with Gasteiger partial charge in [0.2, 0.25) is 0 Å². The molecule has 2 heterocycles. The molecule has 0 saturated carbocycles. The topological polar surface area (TPSA) is 28.9 Å². The molecule has 0 bridgehead atoms. The van der Waals surface area contributed by atoms with E-state index in [1.807, 2.05) is 0 Å². The Balaban J connectivity index is 2.45. The maximum Gasteiger partial charge on any atom is 0.113 e. The summed E-state index contributed by atoms with van der Waals surface area (Å²) in [6.07, 6.45) is 5.21. The highest BCUT2D eigenvalue weighted by atomic mass is 16.3. The number of hydrogen-bond acceptors (Lipinski definition) is 1. The van der Waals surface area contributed by atoms with Crippen molar-refractivity contribution in [2.24, 2.45) is 0 Å². The highest BCUT2D eigenvalue weighted by Gasteiger charge is 2.34. The lowest BCUT2D eigenvalue weighted by molar-refractivity contribution is 0.353. The summed E-state index contributed by atoms with van der Waals surface area (Å²) in [5.41, 5.74) is 4.33. The Morgan fingerprint density at radius 1 is 0.692 bits per heavy atom. The number of rotatable bonds is 3. The second kappa shape index (κ2) is 6.32. The van der Waals surface area contributed by atoms with Crippen molar-refractivity contribution < 1.29 is 4.42 Å². The maximum absolute atomic E-state index is 6.45. The van der Waals surface area contributed by atoms with Gasteiger partial charge in [-0.3, -0.25) is 0 Å². The molecule has 0 amide bonds. The van der Waals surface area contributed by atoms with Crippen LogP contribution >= 0.6 is 0 Å². The molecule has 0 fully saturated rings. The van der Waals surface area contributed by atoms with Crippen molar-refractivity contribution in [3.63, 3.8) is 0 Å². The first-order chi connectivity index (χ1) is 11.5. The summed E-state index contributed by atoms with van der Waals surface area (Å²) >= 11 is 0. The second-order valence-electron chi connectivity index (χ2n) is 11.5. The molecule has 2 aromatic heterocycles. The number of hydrogen-bond donors (Lipinski definition) is 1. The largest absolute Gasteiger partial charge is 0.465 e. The molecule has 26 heavy (non-hydrogen) atoms. The SMILES string of the molecule is CC(C)(C)c1c[nH]cc1C(C)(C)Cc1cc(C(C)(C)C)c(C(C)(C)C)o1. The zero-order valence-corrected chi connectivity index (χ0v) is 18.8. The molecule has 2 nitrogen and oxygen atoms in total.